The number of carbonyl (C=O) groups is 2. The van der Waals surface area contributed by atoms with Gasteiger partial charge in [0.2, 0.25) is 5.91 Å². The number of alkyl carbamates (subject to hydrolysis) is 1. The van der Waals surface area contributed by atoms with E-state index in [-0.39, 0.29) is 11.9 Å². The van der Waals surface area contributed by atoms with Crippen LogP contribution in [0.3, 0.4) is 0 Å². The van der Waals surface area contributed by atoms with E-state index in [9.17, 15) is 9.59 Å². The number of hydrogen-bond donors (Lipinski definition) is 2. The zero-order valence-corrected chi connectivity index (χ0v) is 12.9. The van der Waals surface area contributed by atoms with Gasteiger partial charge in [0.1, 0.15) is 5.60 Å². The number of piperidine rings is 1. The lowest BCUT2D eigenvalue weighted by atomic mass is 9.97. The first-order valence-electron chi connectivity index (χ1n) is 7.19. The van der Waals surface area contributed by atoms with Crippen molar-refractivity contribution in [3.05, 3.63) is 0 Å². The van der Waals surface area contributed by atoms with E-state index in [2.05, 4.69) is 10.2 Å². The number of likely N-dealkylation sites (tertiary alicyclic amines) is 1. The predicted molar refractivity (Wildman–Crippen MR) is 77.2 cm³/mol. The number of nitrogens with two attached hydrogens (primary N) is 1. The summed E-state index contributed by atoms with van der Waals surface area (Å²) >= 11 is 0. The summed E-state index contributed by atoms with van der Waals surface area (Å²) in [7, 11) is 0. The summed E-state index contributed by atoms with van der Waals surface area (Å²) in [6.07, 6.45) is 1.66. The molecule has 1 saturated heterocycles. The van der Waals surface area contributed by atoms with Gasteiger partial charge < -0.3 is 15.8 Å². The van der Waals surface area contributed by atoms with Crippen molar-refractivity contribution >= 4 is 12.0 Å². The smallest absolute Gasteiger partial charge is 0.407 e. The highest BCUT2D eigenvalue weighted by Gasteiger charge is 2.26. The number of hydrogen-bond acceptors (Lipinski definition) is 4. The molecule has 0 radical (unpaired) electrons. The maximum absolute atomic E-state index is 11.6. The molecule has 1 aliphatic rings. The van der Waals surface area contributed by atoms with Gasteiger partial charge in [0.05, 0.1) is 6.04 Å². The molecule has 2 atom stereocenters. The lowest BCUT2D eigenvalue weighted by molar-refractivity contribution is -0.123. The lowest BCUT2D eigenvalue weighted by Gasteiger charge is -2.35. The maximum Gasteiger partial charge on any atom is 0.407 e. The quantitative estimate of drug-likeness (QED) is 0.810. The molecular weight excluding hydrogens is 258 g/mol. The fourth-order valence-electron chi connectivity index (χ4n) is 2.34. The molecule has 0 aromatic heterocycles. The fraction of sp³-hybridized carbons (Fsp3) is 0.857. The number of nitrogens with zero attached hydrogens (tertiary/aromatic N) is 1. The molecule has 1 aliphatic heterocycles. The Kier molecular flexibility index (Phi) is 5.80. The van der Waals surface area contributed by atoms with Gasteiger partial charge >= 0.3 is 6.09 Å². The van der Waals surface area contributed by atoms with Gasteiger partial charge in [0.25, 0.3) is 0 Å². The van der Waals surface area contributed by atoms with Gasteiger partial charge in [-0.25, -0.2) is 4.79 Å². The second-order valence-corrected chi connectivity index (χ2v) is 6.46. The maximum atomic E-state index is 11.6. The number of rotatable bonds is 4. The molecule has 0 spiro atoms. The minimum atomic E-state index is -0.483. The Morgan fingerprint density at radius 2 is 2.10 bits per heavy atom. The van der Waals surface area contributed by atoms with Crippen molar-refractivity contribution in [1.29, 1.82) is 0 Å². The van der Waals surface area contributed by atoms with E-state index in [0.29, 0.717) is 12.5 Å². The van der Waals surface area contributed by atoms with Crippen LogP contribution in [-0.2, 0) is 9.53 Å². The fourth-order valence-corrected chi connectivity index (χ4v) is 2.34. The van der Waals surface area contributed by atoms with E-state index in [1.165, 1.54) is 0 Å². The predicted octanol–water partition coefficient (Wildman–Crippen LogP) is 1.10. The van der Waals surface area contributed by atoms with E-state index in [0.717, 1.165) is 25.9 Å². The standard InChI is InChI=1S/C14H27N3O3/c1-10(12(15)18)17-7-5-6-11(9-17)8-16-13(19)20-14(2,3)4/h10-11H,5-9H2,1-4H3,(H2,15,18)(H,16,19). The van der Waals surface area contributed by atoms with Crippen molar-refractivity contribution in [3.8, 4) is 0 Å². The van der Waals surface area contributed by atoms with Crippen LogP contribution in [-0.4, -0.2) is 48.2 Å². The number of primary amides is 1. The number of amides is 2. The van der Waals surface area contributed by atoms with Gasteiger partial charge in [0, 0.05) is 13.1 Å². The molecule has 116 valence electrons. The molecule has 20 heavy (non-hydrogen) atoms. The van der Waals surface area contributed by atoms with E-state index in [1.54, 1.807) is 0 Å². The molecule has 1 heterocycles. The first-order valence-corrected chi connectivity index (χ1v) is 7.19. The van der Waals surface area contributed by atoms with Crippen LogP contribution in [0.2, 0.25) is 0 Å². The van der Waals surface area contributed by atoms with Crippen molar-refractivity contribution in [3.63, 3.8) is 0 Å². The Morgan fingerprint density at radius 3 is 2.65 bits per heavy atom. The third-order valence-electron chi connectivity index (χ3n) is 3.44. The van der Waals surface area contributed by atoms with Crippen molar-refractivity contribution in [2.45, 2.75) is 52.2 Å². The first-order chi connectivity index (χ1) is 9.19. The highest BCUT2D eigenvalue weighted by Crippen LogP contribution is 2.18. The molecule has 0 aromatic carbocycles. The number of ether oxygens (including phenoxy) is 1. The van der Waals surface area contributed by atoms with Gasteiger partial charge in [-0.3, -0.25) is 9.69 Å². The van der Waals surface area contributed by atoms with Gasteiger partial charge in [-0.05, 0) is 53.0 Å². The van der Waals surface area contributed by atoms with Crippen LogP contribution in [0, 0.1) is 5.92 Å². The molecule has 1 rings (SSSR count). The van der Waals surface area contributed by atoms with Gasteiger partial charge in [-0.1, -0.05) is 0 Å². The summed E-state index contributed by atoms with van der Waals surface area (Å²) in [6, 6.07) is -0.251. The minimum Gasteiger partial charge on any atom is -0.444 e. The molecule has 3 N–H and O–H groups in total. The van der Waals surface area contributed by atoms with Crippen molar-refractivity contribution in [1.82, 2.24) is 10.2 Å². The van der Waals surface area contributed by atoms with Crippen LogP contribution in [0.4, 0.5) is 4.79 Å². The molecule has 2 unspecified atom stereocenters. The molecule has 0 bridgehead atoms. The zero-order chi connectivity index (χ0) is 15.3. The molecular formula is C14H27N3O3. The lowest BCUT2D eigenvalue weighted by Crippen LogP contribution is -2.49. The van der Waals surface area contributed by atoms with Gasteiger partial charge in [-0.15, -0.1) is 0 Å². The van der Waals surface area contributed by atoms with Crippen LogP contribution in [0.1, 0.15) is 40.5 Å². The second-order valence-electron chi connectivity index (χ2n) is 6.46. The summed E-state index contributed by atoms with van der Waals surface area (Å²) in [5, 5.41) is 2.79. The molecule has 6 heteroatoms. The third kappa shape index (κ3) is 5.77. The Bertz CT molecular complexity index is 352. The van der Waals surface area contributed by atoms with Crippen molar-refractivity contribution in [2.75, 3.05) is 19.6 Å². The summed E-state index contributed by atoms with van der Waals surface area (Å²) < 4.78 is 5.20. The Morgan fingerprint density at radius 1 is 1.45 bits per heavy atom. The van der Waals surface area contributed by atoms with Crippen molar-refractivity contribution in [2.24, 2.45) is 11.7 Å². The molecule has 6 nitrogen and oxygen atoms in total. The van der Waals surface area contributed by atoms with Crippen LogP contribution < -0.4 is 11.1 Å². The van der Waals surface area contributed by atoms with Crippen LogP contribution >= 0.6 is 0 Å². The van der Waals surface area contributed by atoms with Gasteiger partial charge in [0.15, 0.2) is 0 Å². The monoisotopic (exact) mass is 285 g/mol. The Labute approximate surface area is 121 Å². The zero-order valence-electron chi connectivity index (χ0n) is 12.9. The largest absolute Gasteiger partial charge is 0.444 e. The summed E-state index contributed by atoms with van der Waals surface area (Å²) in [4.78, 5) is 24.9. The normalized spacial score (nSPS) is 22.1. The molecule has 0 saturated carbocycles. The van der Waals surface area contributed by atoms with Crippen molar-refractivity contribution < 1.29 is 14.3 Å². The van der Waals surface area contributed by atoms with E-state index in [1.807, 2.05) is 27.7 Å². The van der Waals surface area contributed by atoms with Crippen LogP contribution in [0.5, 0.6) is 0 Å². The summed E-state index contributed by atoms with van der Waals surface area (Å²) in [6.45, 7) is 9.56. The molecule has 2 amide bonds. The Hall–Kier alpha value is -1.30. The molecule has 0 aromatic rings. The third-order valence-corrected chi connectivity index (χ3v) is 3.44. The highest BCUT2D eigenvalue weighted by atomic mass is 16.6. The average Bonchev–Trinajstić information content (AvgIpc) is 2.33. The first kappa shape index (κ1) is 16.8. The van der Waals surface area contributed by atoms with E-state index in [4.69, 9.17) is 10.5 Å². The molecule has 1 fully saturated rings. The topological polar surface area (TPSA) is 84.7 Å². The van der Waals surface area contributed by atoms with Crippen LogP contribution in [0.25, 0.3) is 0 Å². The highest BCUT2D eigenvalue weighted by molar-refractivity contribution is 5.79. The minimum absolute atomic E-state index is 0.251. The number of nitrogens with one attached hydrogen (secondary N) is 1. The van der Waals surface area contributed by atoms with E-state index < -0.39 is 11.7 Å². The number of carbonyl (C=O) groups excluding carboxylic acids is 2. The van der Waals surface area contributed by atoms with Gasteiger partial charge in [-0.2, -0.15) is 0 Å². The van der Waals surface area contributed by atoms with Crippen LogP contribution in [0.15, 0.2) is 0 Å². The second kappa shape index (κ2) is 6.92. The average molecular weight is 285 g/mol. The Balaban J connectivity index is 2.37. The summed E-state index contributed by atoms with van der Waals surface area (Å²) in [5.41, 5.74) is 4.85. The summed E-state index contributed by atoms with van der Waals surface area (Å²) in [5.74, 6) is 0.0313. The SMILES string of the molecule is CC(C(N)=O)N1CCCC(CNC(=O)OC(C)(C)C)C1. The van der Waals surface area contributed by atoms with E-state index >= 15 is 0 Å². The molecule has 0 aliphatic carbocycles.